The van der Waals surface area contributed by atoms with E-state index >= 15 is 0 Å². The van der Waals surface area contributed by atoms with Crippen molar-refractivity contribution in [3.05, 3.63) is 5.82 Å². The van der Waals surface area contributed by atoms with E-state index in [2.05, 4.69) is 14.1 Å². The van der Waals surface area contributed by atoms with Gasteiger partial charge in [0.05, 0.1) is 7.11 Å². The number of carbonyl (C=O) groups is 1. The van der Waals surface area contributed by atoms with Crippen LogP contribution in [0.1, 0.15) is 25.6 Å². The number of ether oxygens (including phenoxy) is 1. The molecule has 0 unspecified atom stereocenters. The molecule has 84 valence electrons. The molecular weight excluding hydrogens is 214 g/mol. The fourth-order valence-electron chi connectivity index (χ4n) is 0.942. The molecule has 1 aromatic rings. The first-order valence-electron chi connectivity index (χ1n) is 4.66. The molecule has 0 amide bonds. The van der Waals surface area contributed by atoms with Crippen LogP contribution < -0.4 is 4.90 Å². The largest absolute Gasteiger partial charge is 0.468 e. The normalized spacial score (nSPS) is 10.5. The molecule has 0 radical (unpaired) electrons. The molecule has 0 N–H and O–H groups in total. The first-order valence-corrected chi connectivity index (χ1v) is 5.43. The molecule has 0 saturated carbocycles. The summed E-state index contributed by atoms with van der Waals surface area (Å²) in [6.07, 6.45) is 0. The van der Waals surface area contributed by atoms with Gasteiger partial charge in [-0.15, -0.1) is 0 Å². The number of aromatic nitrogens is 2. The Balaban J connectivity index is 2.65. The van der Waals surface area contributed by atoms with Crippen LogP contribution in [0.15, 0.2) is 0 Å². The number of esters is 1. The van der Waals surface area contributed by atoms with E-state index < -0.39 is 0 Å². The van der Waals surface area contributed by atoms with E-state index in [1.165, 1.54) is 18.6 Å². The number of anilines is 1. The zero-order chi connectivity index (χ0) is 11.4. The number of carbonyl (C=O) groups excluding carboxylic acids is 1. The van der Waals surface area contributed by atoms with Gasteiger partial charge in [0.25, 0.3) is 0 Å². The molecule has 0 bridgehead atoms. The van der Waals surface area contributed by atoms with Crippen molar-refractivity contribution in [2.75, 3.05) is 25.6 Å². The summed E-state index contributed by atoms with van der Waals surface area (Å²) in [5.41, 5.74) is 0. The van der Waals surface area contributed by atoms with E-state index in [0.717, 1.165) is 11.0 Å². The third-order valence-electron chi connectivity index (χ3n) is 1.87. The Labute approximate surface area is 93.2 Å². The van der Waals surface area contributed by atoms with Crippen LogP contribution in [0.3, 0.4) is 0 Å². The summed E-state index contributed by atoms with van der Waals surface area (Å²) in [5.74, 6) is 0.840. The number of hydrogen-bond donors (Lipinski definition) is 0. The van der Waals surface area contributed by atoms with Gasteiger partial charge in [-0.1, -0.05) is 13.8 Å². The van der Waals surface area contributed by atoms with Crippen molar-refractivity contribution in [3.8, 4) is 0 Å². The van der Waals surface area contributed by atoms with Crippen molar-refractivity contribution in [1.82, 2.24) is 9.36 Å². The molecule has 0 aliphatic rings. The lowest BCUT2D eigenvalue weighted by molar-refractivity contribution is -0.138. The van der Waals surface area contributed by atoms with Crippen LogP contribution >= 0.6 is 11.5 Å². The Morgan fingerprint density at radius 3 is 2.73 bits per heavy atom. The van der Waals surface area contributed by atoms with Crippen LogP contribution in [0.2, 0.25) is 0 Å². The Kier molecular flexibility index (Phi) is 4.02. The molecule has 0 aliphatic heterocycles. The Bertz CT molecular complexity index is 338. The molecule has 1 rings (SSSR count). The monoisotopic (exact) mass is 229 g/mol. The molecule has 0 spiro atoms. The minimum atomic E-state index is -0.279. The Hall–Kier alpha value is -1.17. The highest BCUT2D eigenvalue weighted by molar-refractivity contribution is 7.09. The van der Waals surface area contributed by atoms with Crippen LogP contribution in [0.25, 0.3) is 0 Å². The summed E-state index contributed by atoms with van der Waals surface area (Å²) in [6.45, 7) is 4.27. The molecule has 0 saturated heterocycles. The highest BCUT2D eigenvalue weighted by Gasteiger charge is 2.13. The zero-order valence-corrected chi connectivity index (χ0v) is 10.2. The van der Waals surface area contributed by atoms with Gasteiger partial charge in [-0.2, -0.15) is 4.37 Å². The van der Waals surface area contributed by atoms with E-state index in [1.54, 1.807) is 11.9 Å². The summed E-state index contributed by atoms with van der Waals surface area (Å²) in [6, 6.07) is 0. The minimum Gasteiger partial charge on any atom is -0.468 e. The SMILES string of the molecule is COC(=O)CN(C)c1nc(C(C)C)ns1. The first kappa shape index (κ1) is 11.9. The summed E-state index contributed by atoms with van der Waals surface area (Å²) < 4.78 is 8.78. The second kappa shape index (κ2) is 5.06. The third-order valence-corrected chi connectivity index (χ3v) is 2.71. The van der Waals surface area contributed by atoms with E-state index in [1.807, 2.05) is 13.8 Å². The number of likely N-dealkylation sites (N-methyl/N-ethyl adjacent to an activating group) is 1. The minimum absolute atomic E-state index is 0.198. The van der Waals surface area contributed by atoms with E-state index in [-0.39, 0.29) is 12.5 Å². The summed E-state index contributed by atoms with van der Waals surface area (Å²) in [5, 5.41) is 0.740. The van der Waals surface area contributed by atoms with E-state index in [0.29, 0.717) is 5.92 Å². The smallest absolute Gasteiger partial charge is 0.325 e. The molecule has 0 aliphatic carbocycles. The standard InChI is InChI=1S/C9H15N3O2S/c1-6(2)8-10-9(15-11-8)12(3)5-7(13)14-4/h6H,5H2,1-4H3. The molecule has 0 atom stereocenters. The molecule has 5 nitrogen and oxygen atoms in total. The highest BCUT2D eigenvalue weighted by Crippen LogP contribution is 2.19. The van der Waals surface area contributed by atoms with Gasteiger partial charge in [-0.3, -0.25) is 4.79 Å². The van der Waals surface area contributed by atoms with Crippen LogP contribution in [0.4, 0.5) is 5.13 Å². The predicted molar refractivity (Wildman–Crippen MR) is 59.3 cm³/mol. The van der Waals surface area contributed by atoms with Gasteiger partial charge in [0, 0.05) is 24.5 Å². The van der Waals surface area contributed by atoms with Gasteiger partial charge >= 0.3 is 5.97 Å². The summed E-state index contributed by atoms with van der Waals surface area (Å²) in [4.78, 5) is 17.1. The van der Waals surface area contributed by atoms with Gasteiger partial charge in [0.1, 0.15) is 12.4 Å². The van der Waals surface area contributed by atoms with Gasteiger partial charge in [-0.25, -0.2) is 4.98 Å². The van der Waals surface area contributed by atoms with Crippen molar-refractivity contribution >= 4 is 22.6 Å². The van der Waals surface area contributed by atoms with E-state index in [9.17, 15) is 4.79 Å². The molecule has 15 heavy (non-hydrogen) atoms. The number of hydrogen-bond acceptors (Lipinski definition) is 6. The lowest BCUT2D eigenvalue weighted by atomic mass is 10.2. The molecule has 0 fully saturated rings. The van der Waals surface area contributed by atoms with Gasteiger partial charge in [-0.05, 0) is 0 Å². The Morgan fingerprint density at radius 1 is 1.60 bits per heavy atom. The maximum absolute atomic E-state index is 11.0. The molecule has 1 heterocycles. The average molecular weight is 229 g/mol. The maximum atomic E-state index is 11.0. The second-order valence-electron chi connectivity index (χ2n) is 3.52. The van der Waals surface area contributed by atoms with Crippen molar-refractivity contribution < 1.29 is 9.53 Å². The predicted octanol–water partition coefficient (Wildman–Crippen LogP) is 1.27. The van der Waals surface area contributed by atoms with E-state index in [4.69, 9.17) is 0 Å². The van der Waals surface area contributed by atoms with Gasteiger partial charge < -0.3 is 9.64 Å². The number of rotatable bonds is 4. The molecular formula is C9H15N3O2S. The van der Waals surface area contributed by atoms with Crippen LogP contribution in [0, 0.1) is 0 Å². The summed E-state index contributed by atoms with van der Waals surface area (Å²) >= 11 is 1.30. The lowest BCUT2D eigenvalue weighted by Crippen LogP contribution is -2.26. The number of methoxy groups -OCH3 is 1. The summed E-state index contributed by atoms with van der Waals surface area (Å²) in [7, 11) is 3.16. The van der Waals surface area contributed by atoms with Crippen LogP contribution in [-0.2, 0) is 9.53 Å². The van der Waals surface area contributed by atoms with Crippen LogP contribution in [0.5, 0.6) is 0 Å². The Morgan fingerprint density at radius 2 is 2.27 bits per heavy atom. The number of nitrogens with zero attached hydrogens (tertiary/aromatic N) is 3. The van der Waals surface area contributed by atoms with Crippen molar-refractivity contribution in [2.45, 2.75) is 19.8 Å². The van der Waals surface area contributed by atoms with Crippen LogP contribution in [-0.4, -0.2) is 36.0 Å². The fourth-order valence-corrected chi connectivity index (χ4v) is 1.71. The zero-order valence-electron chi connectivity index (χ0n) is 9.35. The van der Waals surface area contributed by atoms with Crippen molar-refractivity contribution in [2.24, 2.45) is 0 Å². The lowest BCUT2D eigenvalue weighted by Gasteiger charge is -2.12. The molecule has 1 aromatic heterocycles. The molecule has 6 heteroatoms. The topological polar surface area (TPSA) is 55.3 Å². The van der Waals surface area contributed by atoms with Crippen molar-refractivity contribution in [1.29, 1.82) is 0 Å². The molecule has 0 aromatic carbocycles. The second-order valence-corrected chi connectivity index (χ2v) is 4.25. The highest BCUT2D eigenvalue weighted by atomic mass is 32.1. The maximum Gasteiger partial charge on any atom is 0.325 e. The fraction of sp³-hybridized carbons (Fsp3) is 0.667. The van der Waals surface area contributed by atoms with Crippen molar-refractivity contribution in [3.63, 3.8) is 0 Å². The average Bonchev–Trinajstić information content (AvgIpc) is 2.66. The quantitative estimate of drug-likeness (QED) is 0.728. The first-order chi connectivity index (χ1) is 7.04. The van der Waals surface area contributed by atoms with Gasteiger partial charge in [0.15, 0.2) is 0 Å². The third kappa shape index (κ3) is 3.16. The van der Waals surface area contributed by atoms with Gasteiger partial charge in [0.2, 0.25) is 5.13 Å².